The fourth-order valence-corrected chi connectivity index (χ4v) is 3.31. The van der Waals surface area contributed by atoms with Gasteiger partial charge in [-0.15, -0.1) is 10.2 Å². The minimum absolute atomic E-state index is 0.219. The summed E-state index contributed by atoms with van der Waals surface area (Å²) >= 11 is 0. The van der Waals surface area contributed by atoms with Crippen LogP contribution in [0.2, 0.25) is 0 Å². The van der Waals surface area contributed by atoms with E-state index in [1.807, 2.05) is 18.5 Å². The zero-order valence-electron chi connectivity index (χ0n) is 16.8. The van der Waals surface area contributed by atoms with Gasteiger partial charge in [0.05, 0.1) is 12.1 Å². The SMILES string of the molecule is CN=C(NCc1nnc(C)n1C)NC1CCN(Cc2ccc(C(F)(F)F)cc2)C1. The normalized spacial score (nSPS) is 18.3. The van der Waals surface area contributed by atoms with E-state index in [1.54, 1.807) is 19.2 Å². The molecule has 2 N–H and O–H groups in total. The number of guanidine groups is 1. The molecule has 1 aromatic carbocycles. The second kappa shape index (κ2) is 8.81. The van der Waals surface area contributed by atoms with E-state index in [-0.39, 0.29) is 6.04 Å². The Hall–Kier alpha value is -2.62. The van der Waals surface area contributed by atoms with Crippen LogP contribution in [0.1, 0.15) is 29.2 Å². The number of hydrogen-bond acceptors (Lipinski definition) is 4. The van der Waals surface area contributed by atoms with Gasteiger partial charge in [0, 0.05) is 39.8 Å². The Morgan fingerprint density at radius 3 is 2.55 bits per heavy atom. The smallest absolute Gasteiger partial charge is 0.352 e. The highest BCUT2D eigenvalue weighted by Crippen LogP contribution is 2.29. The quantitative estimate of drug-likeness (QED) is 0.585. The molecule has 7 nitrogen and oxygen atoms in total. The maximum Gasteiger partial charge on any atom is 0.416 e. The van der Waals surface area contributed by atoms with Crippen molar-refractivity contribution in [2.45, 2.75) is 38.7 Å². The highest BCUT2D eigenvalue weighted by molar-refractivity contribution is 5.79. The Kier molecular flexibility index (Phi) is 6.41. The molecule has 0 radical (unpaired) electrons. The molecule has 0 saturated carbocycles. The number of nitrogens with zero attached hydrogens (tertiary/aromatic N) is 5. The number of likely N-dealkylation sites (tertiary alicyclic amines) is 1. The first-order chi connectivity index (χ1) is 13.8. The molecule has 3 rings (SSSR count). The number of aryl methyl sites for hydroxylation is 1. The molecule has 0 bridgehead atoms. The van der Waals surface area contributed by atoms with Gasteiger partial charge in [0.25, 0.3) is 0 Å². The lowest BCUT2D eigenvalue weighted by atomic mass is 10.1. The average molecular weight is 409 g/mol. The minimum Gasteiger partial charge on any atom is -0.352 e. The molecule has 158 valence electrons. The Morgan fingerprint density at radius 2 is 1.97 bits per heavy atom. The third kappa shape index (κ3) is 5.47. The number of hydrogen-bond donors (Lipinski definition) is 2. The largest absolute Gasteiger partial charge is 0.416 e. The van der Waals surface area contributed by atoms with Crippen LogP contribution in [0.5, 0.6) is 0 Å². The highest BCUT2D eigenvalue weighted by atomic mass is 19.4. The summed E-state index contributed by atoms with van der Waals surface area (Å²) in [5, 5.41) is 14.8. The van der Waals surface area contributed by atoms with Gasteiger partial charge in [-0.05, 0) is 31.0 Å². The number of nitrogens with one attached hydrogen (secondary N) is 2. The van der Waals surface area contributed by atoms with E-state index in [0.717, 1.165) is 48.9 Å². The van der Waals surface area contributed by atoms with Crippen LogP contribution in [0.25, 0.3) is 0 Å². The maximum absolute atomic E-state index is 12.7. The van der Waals surface area contributed by atoms with Gasteiger partial charge < -0.3 is 15.2 Å². The Bertz CT molecular complexity index is 842. The molecule has 29 heavy (non-hydrogen) atoms. The van der Waals surface area contributed by atoms with E-state index < -0.39 is 11.7 Å². The van der Waals surface area contributed by atoms with Crippen LogP contribution in [0, 0.1) is 6.92 Å². The molecule has 1 aliphatic heterocycles. The molecular weight excluding hydrogens is 383 g/mol. The minimum atomic E-state index is -4.30. The van der Waals surface area contributed by atoms with Gasteiger partial charge in [-0.3, -0.25) is 9.89 Å². The van der Waals surface area contributed by atoms with Crippen molar-refractivity contribution in [3.05, 3.63) is 47.0 Å². The van der Waals surface area contributed by atoms with Crippen molar-refractivity contribution in [2.75, 3.05) is 20.1 Å². The Morgan fingerprint density at radius 1 is 1.24 bits per heavy atom. The molecule has 0 spiro atoms. The lowest BCUT2D eigenvalue weighted by Crippen LogP contribution is -2.44. The number of aliphatic imine (C=N–C) groups is 1. The predicted molar refractivity (Wildman–Crippen MR) is 104 cm³/mol. The number of halogens is 3. The van der Waals surface area contributed by atoms with Crippen molar-refractivity contribution in [3.63, 3.8) is 0 Å². The van der Waals surface area contributed by atoms with E-state index >= 15 is 0 Å². The van der Waals surface area contributed by atoms with E-state index in [4.69, 9.17) is 0 Å². The molecular formula is C19H26F3N7. The second-order valence-corrected chi connectivity index (χ2v) is 7.21. The van der Waals surface area contributed by atoms with Crippen molar-refractivity contribution in [2.24, 2.45) is 12.0 Å². The summed E-state index contributed by atoms with van der Waals surface area (Å²) in [5.74, 6) is 2.35. The molecule has 2 aromatic rings. The molecule has 0 amide bonds. The first-order valence-electron chi connectivity index (χ1n) is 9.47. The zero-order chi connectivity index (χ0) is 21.0. The van der Waals surface area contributed by atoms with Gasteiger partial charge in [0.2, 0.25) is 0 Å². The fraction of sp³-hybridized carbons (Fsp3) is 0.526. The topological polar surface area (TPSA) is 70.4 Å². The van der Waals surface area contributed by atoms with Crippen molar-refractivity contribution < 1.29 is 13.2 Å². The van der Waals surface area contributed by atoms with E-state index in [0.29, 0.717) is 19.0 Å². The third-order valence-corrected chi connectivity index (χ3v) is 5.12. The highest BCUT2D eigenvalue weighted by Gasteiger charge is 2.30. The summed E-state index contributed by atoms with van der Waals surface area (Å²) in [6.45, 7) is 4.70. The number of rotatable bonds is 5. The van der Waals surface area contributed by atoms with Crippen LogP contribution in [0.15, 0.2) is 29.3 Å². The Labute approximate surface area is 168 Å². The fourth-order valence-electron chi connectivity index (χ4n) is 3.31. The van der Waals surface area contributed by atoms with Crippen molar-refractivity contribution in [3.8, 4) is 0 Å². The molecule has 1 fully saturated rings. The molecule has 1 aliphatic rings. The van der Waals surface area contributed by atoms with Crippen LogP contribution >= 0.6 is 0 Å². The van der Waals surface area contributed by atoms with Crippen molar-refractivity contribution >= 4 is 5.96 Å². The number of aromatic nitrogens is 3. The van der Waals surface area contributed by atoms with E-state index in [1.165, 1.54) is 0 Å². The van der Waals surface area contributed by atoms with Gasteiger partial charge in [-0.2, -0.15) is 13.2 Å². The van der Waals surface area contributed by atoms with Crippen molar-refractivity contribution in [1.29, 1.82) is 0 Å². The van der Waals surface area contributed by atoms with Crippen LogP contribution in [0.3, 0.4) is 0 Å². The summed E-state index contributed by atoms with van der Waals surface area (Å²) in [6, 6.07) is 5.60. The summed E-state index contributed by atoms with van der Waals surface area (Å²) in [4.78, 5) is 6.48. The van der Waals surface area contributed by atoms with Gasteiger partial charge in [-0.1, -0.05) is 12.1 Å². The van der Waals surface area contributed by atoms with Gasteiger partial charge in [0.1, 0.15) is 5.82 Å². The van der Waals surface area contributed by atoms with Crippen molar-refractivity contribution in [1.82, 2.24) is 30.3 Å². The molecule has 10 heteroatoms. The first-order valence-corrected chi connectivity index (χ1v) is 9.47. The first kappa shape index (κ1) is 21.1. The standard InChI is InChI=1S/C19H26F3N7/c1-13-26-27-17(28(13)3)10-24-18(23-2)25-16-8-9-29(12-16)11-14-4-6-15(7-5-14)19(20,21)22/h4-7,16H,8-12H2,1-3H3,(H2,23,24,25). The Balaban J connectivity index is 1.48. The predicted octanol–water partition coefficient (Wildman–Crippen LogP) is 2.08. The van der Waals surface area contributed by atoms with E-state index in [2.05, 4.69) is 30.7 Å². The van der Waals surface area contributed by atoms with Crippen LogP contribution in [-0.4, -0.2) is 51.8 Å². The zero-order valence-corrected chi connectivity index (χ0v) is 16.8. The van der Waals surface area contributed by atoms with Crippen LogP contribution in [-0.2, 0) is 26.3 Å². The number of benzene rings is 1. The summed E-state index contributed by atoms with van der Waals surface area (Å²) in [5.41, 5.74) is 0.258. The summed E-state index contributed by atoms with van der Waals surface area (Å²) in [6.07, 6.45) is -3.36. The van der Waals surface area contributed by atoms with Gasteiger partial charge >= 0.3 is 6.18 Å². The summed E-state index contributed by atoms with van der Waals surface area (Å²) in [7, 11) is 3.63. The van der Waals surface area contributed by atoms with Gasteiger partial charge in [-0.25, -0.2) is 0 Å². The lowest BCUT2D eigenvalue weighted by molar-refractivity contribution is -0.137. The van der Waals surface area contributed by atoms with E-state index in [9.17, 15) is 13.2 Å². The molecule has 1 saturated heterocycles. The average Bonchev–Trinajstić information content (AvgIpc) is 3.25. The third-order valence-electron chi connectivity index (χ3n) is 5.12. The molecule has 1 aromatic heterocycles. The second-order valence-electron chi connectivity index (χ2n) is 7.21. The van der Waals surface area contributed by atoms with Crippen LogP contribution < -0.4 is 10.6 Å². The molecule has 0 aliphatic carbocycles. The summed E-state index contributed by atoms with van der Waals surface area (Å²) < 4.78 is 40.0. The number of alkyl halides is 3. The molecule has 1 atom stereocenters. The van der Waals surface area contributed by atoms with Crippen LogP contribution in [0.4, 0.5) is 13.2 Å². The molecule has 1 unspecified atom stereocenters. The monoisotopic (exact) mass is 409 g/mol. The van der Waals surface area contributed by atoms with Gasteiger partial charge in [0.15, 0.2) is 11.8 Å². The molecule has 2 heterocycles. The lowest BCUT2D eigenvalue weighted by Gasteiger charge is -2.19. The maximum atomic E-state index is 12.7.